The third-order valence-corrected chi connectivity index (χ3v) is 2.40. The van der Waals surface area contributed by atoms with Crippen LogP contribution in [0, 0.1) is 0 Å². The molecule has 122 valence electrons. The Balaban J connectivity index is 4.15. The summed E-state index contributed by atoms with van der Waals surface area (Å²) in [5, 5.41) is 19.9. The topological polar surface area (TPSA) is 120 Å². The summed E-state index contributed by atoms with van der Waals surface area (Å²) in [4.78, 5) is 26.6. The molecule has 0 aromatic carbocycles. The minimum Gasteiger partial charge on any atom is -0.480 e. The van der Waals surface area contributed by atoms with E-state index in [9.17, 15) is 9.59 Å². The zero-order valence-electron chi connectivity index (χ0n) is 13.0. The van der Waals surface area contributed by atoms with Crippen molar-refractivity contribution in [3.8, 4) is 0 Å². The number of amides is 1. The van der Waals surface area contributed by atoms with E-state index in [1.165, 1.54) is 0 Å². The van der Waals surface area contributed by atoms with E-state index in [0.29, 0.717) is 25.2 Å². The molecule has 0 saturated carbocycles. The zero-order valence-corrected chi connectivity index (χ0v) is 13.0. The molecule has 0 rings (SSSR count). The van der Waals surface area contributed by atoms with Gasteiger partial charge >= 0.3 is 12.1 Å². The van der Waals surface area contributed by atoms with Crippen LogP contribution >= 0.6 is 0 Å². The van der Waals surface area contributed by atoms with Crippen LogP contribution in [0.15, 0.2) is 4.99 Å². The predicted octanol–water partition coefficient (Wildman–Crippen LogP) is 1.53. The number of aliphatic imine (C=N–C) groups is 1. The maximum absolute atomic E-state index is 11.5. The van der Waals surface area contributed by atoms with Gasteiger partial charge in [-0.1, -0.05) is 0 Å². The Morgan fingerprint density at radius 1 is 1.29 bits per heavy atom. The number of carboxylic acids is 1. The van der Waals surface area contributed by atoms with Crippen molar-refractivity contribution in [2.45, 2.75) is 58.6 Å². The number of hydrogen-bond acceptors (Lipinski definition) is 5. The highest BCUT2D eigenvalue weighted by Gasteiger charge is 2.23. The molecule has 8 heteroatoms. The highest BCUT2D eigenvalue weighted by molar-refractivity contribution is 5.80. The summed E-state index contributed by atoms with van der Waals surface area (Å²) in [6.07, 6.45) is 0.775. The van der Waals surface area contributed by atoms with E-state index >= 15 is 0 Å². The van der Waals surface area contributed by atoms with E-state index in [1.807, 2.05) is 5.48 Å². The van der Waals surface area contributed by atoms with Crippen LogP contribution in [-0.2, 0) is 9.53 Å². The highest BCUT2D eigenvalue weighted by atomic mass is 16.6. The summed E-state index contributed by atoms with van der Waals surface area (Å²) in [6.45, 7) is 7.20. The molecule has 0 spiro atoms. The monoisotopic (exact) mass is 303 g/mol. The van der Waals surface area contributed by atoms with E-state index in [-0.39, 0.29) is 6.42 Å². The Morgan fingerprint density at radius 2 is 1.90 bits per heavy atom. The first-order chi connectivity index (χ1) is 9.65. The van der Waals surface area contributed by atoms with E-state index in [2.05, 4.69) is 10.3 Å². The van der Waals surface area contributed by atoms with Gasteiger partial charge in [0.1, 0.15) is 17.5 Å². The van der Waals surface area contributed by atoms with E-state index in [4.69, 9.17) is 15.1 Å². The SMILES string of the molecule is CC(=NCCCC[C@H](NC(=O)OC(C)(C)C)C(=O)O)NO. The van der Waals surface area contributed by atoms with Gasteiger partial charge in [-0.15, -0.1) is 0 Å². The van der Waals surface area contributed by atoms with Crippen molar-refractivity contribution < 1.29 is 24.6 Å². The van der Waals surface area contributed by atoms with Crippen molar-refractivity contribution in [1.82, 2.24) is 10.8 Å². The lowest BCUT2D eigenvalue weighted by atomic mass is 10.1. The number of nitrogens with zero attached hydrogens (tertiary/aromatic N) is 1. The van der Waals surface area contributed by atoms with E-state index < -0.39 is 23.7 Å². The van der Waals surface area contributed by atoms with Crippen LogP contribution in [0.1, 0.15) is 47.0 Å². The lowest BCUT2D eigenvalue weighted by molar-refractivity contribution is -0.139. The molecule has 0 aromatic heterocycles. The van der Waals surface area contributed by atoms with Crippen LogP contribution in [0.3, 0.4) is 0 Å². The zero-order chi connectivity index (χ0) is 16.5. The Kier molecular flexibility index (Phi) is 8.37. The number of unbranched alkanes of at least 4 members (excludes halogenated alkanes) is 1. The third kappa shape index (κ3) is 10.6. The number of carbonyl (C=O) groups excluding carboxylic acids is 1. The quantitative estimate of drug-likeness (QED) is 0.245. The van der Waals surface area contributed by atoms with Gasteiger partial charge in [-0.05, 0) is 47.0 Å². The fourth-order valence-corrected chi connectivity index (χ4v) is 1.45. The summed E-state index contributed by atoms with van der Waals surface area (Å²) in [6, 6.07) is -0.985. The molecular weight excluding hydrogens is 278 g/mol. The Bertz CT molecular complexity index is 376. The van der Waals surface area contributed by atoms with Crippen LogP contribution in [-0.4, -0.2) is 46.4 Å². The molecule has 4 N–H and O–H groups in total. The standard InChI is InChI=1S/C13H25N3O5/c1-9(16-20)14-8-6-5-7-10(11(17)18)15-12(19)21-13(2,3)4/h10,20H,5-8H2,1-4H3,(H,14,16)(H,15,19)(H,17,18)/t10-/m0/s1. The molecular formula is C13H25N3O5. The number of rotatable bonds is 7. The van der Waals surface area contributed by atoms with Gasteiger partial charge in [-0.3, -0.25) is 15.7 Å². The molecule has 21 heavy (non-hydrogen) atoms. The van der Waals surface area contributed by atoms with Crippen molar-refractivity contribution in [3.05, 3.63) is 0 Å². The summed E-state index contributed by atoms with van der Waals surface area (Å²) in [5.74, 6) is -0.700. The van der Waals surface area contributed by atoms with Crippen molar-refractivity contribution >= 4 is 17.9 Å². The van der Waals surface area contributed by atoms with Gasteiger partial charge in [0.05, 0.1) is 0 Å². The number of aliphatic carboxylic acids is 1. The smallest absolute Gasteiger partial charge is 0.408 e. The normalized spacial score (nSPS) is 13.5. The van der Waals surface area contributed by atoms with E-state index in [0.717, 1.165) is 0 Å². The number of alkyl carbamates (subject to hydrolysis) is 1. The highest BCUT2D eigenvalue weighted by Crippen LogP contribution is 2.08. The lowest BCUT2D eigenvalue weighted by Crippen LogP contribution is -2.43. The molecule has 0 bridgehead atoms. The second kappa shape index (κ2) is 9.17. The second-order valence-electron chi connectivity index (χ2n) is 5.61. The number of ether oxygens (including phenoxy) is 1. The number of carboxylic acid groups (broad SMARTS) is 1. The number of carbonyl (C=O) groups is 2. The average Bonchev–Trinajstić information content (AvgIpc) is 2.34. The molecule has 0 unspecified atom stereocenters. The summed E-state index contributed by atoms with van der Waals surface area (Å²) < 4.78 is 5.02. The molecule has 1 atom stereocenters. The van der Waals surface area contributed by atoms with Crippen LogP contribution in [0.25, 0.3) is 0 Å². The Morgan fingerprint density at radius 3 is 2.38 bits per heavy atom. The van der Waals surface area contributed by atoms with Gasteiger partial charge in [0.15, 0.2) is 0 Å². The maximum atomic E-state index is 11.5. The minimum absolute atomic E-state index is 0.287. The summed E-state index contributed by atoms with van der Waals surface area (Å²) >= 11 is 0. The van der Waals surface area contributed by atoms with Crippen LogP contribution in [0.4, 0.5) is 4.79 Å². The second-order valence-corrected chi connectivity index (χ2v) is 5.61. The van der Waals surface area contributed by atoms with Gasteiger partial charge in [-0.2, -0.15) is 0 Å². The van der Waals surface area contributed by atoms with Crippen molar-refractivity contribution in [1.29, 1.82) is 0 Å². The fraction of sp³-hybridized carbons (Fsp3) is 0.769. The Labute approximate surface area is 124 Å². The number of hydrogen-bond donors (Lipinski definition) is 4. The van der Waals surface area contributed by atoms with Gasteiger partial charge in [0.2, 0.25) is 0 Å². The molecule has 0 radical (unpaired) electrons. The first kappa shape index (κ1) is 19.2. The van der Waals surface area contributed by atoms with Crippen LogP contribution < -0.4 is 10.8 Å². The molecule has 0 aromatic rings. The van der Waals surface area contributed by atoms with Gasteiger partial charge < -0.3 is 15.2 Å². The lowest BCUT2D eigenvalue weighted by Gasteiger charge is -2.21. The molecule has 0 aliphatic carbocycles. The summed E-state index contributed by atoms with van der Waals surface area (Å²) in [5.41, 5.74) is 1.24. The number of hydroxylamine groups is 1. The van der Waals surface area contributed by atoms with E-state index in [1.54, 1.807) is 27.7 Å². The molecule has 8 nitrogen and oxygen atoms in total. The molecule has 0 aliphatic heterocycles. The van der Waals surface area contributed by atoms with Gasteiger partial charge in [-0.25, -0.2) is 9.59 Å². The fourth-order valence-electron chi connectivity index (χ4n) is 1.45. The molecule has 0 aliphatic rings. The van der Waals surface area contributed by atoms with Crippen molar-refractivity contribution in [3.63, 3.8) is 0 Å². The minimum atomic E-state index is -1.10. The third-order valence-electron chi connectivity index (χ3n) is 2.40. The van der Waals surface area contributed by atoms with Crippen LogP contribution in [0.2, 0.25) is 0 Å². The Hall–Kier alpha value is -1.83. The van der Waals surface area contributed by atoms with Gasteiger partial charge in [0.25, 0.3) is 0 Å². The number of amidine groups is 1. The molecule has 0 fully saturated rings. The predicted molar refractivity (Wildman–Crippen MR) is 77.5 cm³/mol. The van der Waals surface area contributed by atoms with Crippen LogP contribution in [0.5, 0.6) is 0 Å². The number of nitrogens with one attached hydrogen (secondary N) is 2. The largest absolute Gasteiger partial charge is 0.480 e. The first-order valence-corrected chi connectivity index (χ1v) is 6.79. The maximum Gasteiger partial charge on any atom is 0.408 e. The van der Waals surface area contributed by atoms with Crippen molar-refractivity contribution in [2.24, 2.45) is 4.99 Å². The molecule has 0 saturated heterocycles. The van der Waals surface area contributed by atoms with Crippen molar-refractivity contribution in [2.75, 3.05) is 6.54 Å². The molecule has 1 amide bonds. The first-order valence-electron chi connectivity index (χ1n) is 6.79. The summed E-state index contributed by atoms with van der Waals surface area (Å²) in [7, 11) is 0. The average molecular weight is 303 g/mol. The van der Waals surface area contributed by atoms with Gasteiger partial charge in [0, 0.05) is 6.54 Å². The molecule has 0 heterocycles.